The van der Waals surface area contributed by atoms with Crippen molar-refractivity contribution in [3.63, 3.8) is 0 Å². The minimum Gasteiger partial charge on any atom is -0.456 e. The highest BCUT2D eigenvalue weighted by Gasteiger charge is 2.51. The predicted octanol–water partition coefficient (Wildman–Crippen LogP) is 15.8. The average molecular weight is 855 g/mol. The maximum atomic E-state index is 6.53. The lowest BCUT2D eigenvalue weighted by Crippen LogP contribution is -2.26. The number of benzene rings is 10. The van der Waals surface area contributed by atoms with E-state index in [1.807, 2.05) is 6.07 Å². The van der Waals surface area contributed by atoms with E-state index in [1.165, 1.54) is 44.5 Å². The van der Waals surface area contributed by atoms with E-state index in [0.717, 1.165) is 83.7 Å². The van der Waals surface area contributed by atoms with Gasteiger partial charge in [0.2, 0.25) is 5.78 Å². The molecule has 1 spiro atoms. The van der Waals surface area contributed by atoms with Crippen LogP contribution in [0.3, 0.4) is 0 Å². The second-order valence-corrected chi connectivity index (χ2v) is 17.9. The molecule has 0 amide bonds. The monoisotopic (exact) mass is 854 g/mol. The van der Waals surface area contributed by atoms with Crippen molar-refractivity contribution in [3.8, 4) is 39.1 Å². The third-order valence-electron chi connectivity index (χ3n) is 14.6. The van der Waals surface area contributed by atoms with Gasteiger partial charge in [-0.05, 0) is 134 Å². The fourth-order valence-corrected chi connectivity index (χ4v) is 11.8. The molecular weight excluding hydrogens is 817 g/mol. The molecule has 312 valence electrons. The van der Waals surface area contributed by atoms with Gasteiger partial charge in [0, 0.05) is 22.4 Å². The van der Waals surface area contributed by atoms with Crippen molar-refractivity contribution in [2.45, 2.75) is 5.41 Å². The number of hydrogen-bond donors (Lipinski definition) is 0. The summed E-state index contributed by atoms with van der Waals surface area (Å²) in [6.07, 6.45) is 0. The van der Waals surface area contributed by atoms with Crippen LogP contribution in [0.1, 0.15) is 22.3 Å². The van der Waals surface area contributed by atoms with Crippen molar-refractivity contribution in [2.75, 3.05) is 4.90 Å². The number of imidazole rings is 2. The fraction of sp³-hybridized carbons (Fsp3) is 0.0161. The first-order chi connectivity index (χ1) is 33.2. The van der Waals surface area contributed by atoms with Crippen LogP contribution in [0.2, 0.25) is 0 Å². The number of hydrogen-bond acceptors (Lipinski definition) is 3. The highest BCUT2D eigenvalue weighted by Crippen LogP contribution is 2.63. The molecule has 2 aliphatic rings. The number of rotatable bonds is 5. The lowest BCUT2D eigenvalue weighted by Gasteiger charge is -2.32. The molecule has 0 aliphatic heterocycles. The van der Waals surface area contributed by atoms with Crippen LogP contribution in [0.15, 0.2) is 235 Å². The molecule has 0 N–H and O–H groups in total. The van der Waals surface area contributed by atoms with E-state index in [-0.39, 0.29) is 0 Å². The Balaban J connectivity index is 0.893. The van der Waals surface area contributed by atoms with Crippen LogP contribution in [-0.2, 0) is 5.41 Å². The lowest BCUT2D eigenvalue weighted by molar-refractivity contribution is 0.669. The Hall–Kier alpha value is -8.93. The molecule has 0 saturated carbocycles. The Morgan fingerprint density at radius 1 is 0.418 bits per heavy atom. The topological polar surface area (TPSA) is 38.6 Å². The van der Waals surface area contributed by atoms with Crippen molar-refractivity contribution >= 4 is 66.8 Å². The zero-order chi connectivity index (χ0) is 43.8. The third kappa shape index (κ3) is 4.89. The van der Waals surface area contributed by atoms with Gasteiger partial charge >= 0.3 is 0 Å². The van der Waals surface area contributed by atoms with Gasteiger partial charge in [-0.2, -0.15) is 0 Å². The largest absolute Gasteiger partial charge is 0.456 e. The molecule has 0 atom stereocenters. The fourth-order valence-electron chi connectivity index (χ4n) is 11.8. The van der Waals surface area contributed by atoms with Crippen LogP contribution in [0.5, 0.6) is 0 Å². The third-order valence-corrected chi connectivity index (χ3v) is 14.6. The van der Waals surface area contributed by atoms with Crippen LogP contribution in [0, 0.1) is 0 Å². The number of aromatic nitrogens is 3. The summed E-state index contributed by atoms with van der Waals surface area (Å²) in [7, 11) is 0. The normalized spacial score (nSPS) is 13.2. The van der Waals surface area contributed by atoms with Crippen molar-refractivity contribution in [2.24, 2.45) is 0 Å². The molecule has 3 aromatic heterocycles. The van der Waals surface area contributed by atoms with E-state index in [0.29, 0.717) is 0 Å². The summed E-state index contributed by atoms with van der Waals surface area (Å²) in [5.41, 5.74) is 22.6. The van der Waals surface area contributed by atoms with E-state index < -0.39 is 5.41 Å². The summed E-state index contributed by atoms with van der Waals surface area (Å²) in [5.74, 6) is 0.905. The van der Waals surface area contributed by atoms with Crippen LogP contribution in [-0.4, -0.2) is 14.0 Å². The zero-order valence-corrected chi connectivity index (χ0v) is 36.1. The molecule has 67 heavy (non-hydrogen) atoms. The van der Waals surface area contributed by atoms with Gasteiger partial charge in [-0.25, -0.2) is 4.98 Å². The van der Waals surface area contributed by atoms with Gasteiger partial charge in [-0.3, -0.25) is 8.97 Å². The number of anilines is 3. The second kappa shape index (κ2) is 13.6. The first-order valence-electron chi connectivity index (χ1n) is 23.0. The molecule has 5 heteroatoms. The van der Waals surface area contributed by atoms with Crippen molar-refractivity contribution < 1.29 is 4.42 Å². The Morgan fingerprint density at radius 2 is 0.970 bits per heavy atom. The first kappa shape index (κ1) is 36.4. The summed E-state index contributed by atoms with van der Waals surface area (Å²) in [6.45, 7) is 0. The van der Waals surface area contributed by atoms with E-state index >= 15 is 0 Å². The van der Waals surface area contributed by atoms with Gasteiger partial charge in [-0.15, -0.1) is 0 Å². The summed E-state index contributed by atoms with van der Waals surface area (Å²) in [5, 5.41) is 2.18. The summed E-state index contributed by atoms with van der Waals surface area (Å²) < 4.78 is 11.1. The van der Waals surface area contributed by atoms with Crippen LogP contribution >= 0.6 is 0 Å². The Morgan fingerprint density at radius 3 is 1.69 bits per heavy atom. The van der Waals surface area contributed by atoms with Gasteiger partial charge in [0.15, 0.2) is 0 Å². The van der Waals surface area contributed by atoms with Crippen LogP contribution in [0.25, 0.3) is 88.9 Å². The average Bonchev–Trinajstić information content (AvgIpc) is 4.18. The van der Waals surface area contributed by atoms with E-state index in [9.17, 15) is 0 Å². The summed E-state index contributed by atoms with van der Waals surface area (Å²) >= 11 is 0. The molecule has 10 aromatic carbocycles. The van der Waals surface area contributed by atoms with Gasteiger partial charge in [0.1, 0.15) is 11.2 Å². The molecule has 0 fully saturated rings. The SMILES string of the molecule is c1ccc2c(c1)-c1ccccc1C21c2ccccc2-c2ccc(N(c3ccc(-c4ccc(-n5c6ccccc6n6c7ccccc7nc56)cc4)cc3)c3cccc4oc5ccccc5c34)cc21. The Kier molecular flexibility index (Phi) is 7.36. The molecule has 2 aliphatic carbocycles. The minimum absolute atomic E-state index is 0.463. The molecular formula is C62H38N4O. The highest BCUT2D eigenvalue weighted by molar-refractivity contribution is 6.13. The highest BCUT2D eigenvalue weighted by atomic mass is 16.3. The smallest absolute Gasteiger partial charge is 0.220 e. The maximum absolute atomic E-state index is 6.53. The Labute approximate surface area is 385 Å². The summed E-state index contributed by atoms with van der Waals surface area (Å²) in [6, 6.07) is 83.8. The number of nitrogens with zero attached hydrogens (tertiary/aromatic N) is 4. The van der Waals surface area contributed by atoms with E-state index in [2.05, 4.69) is 238 Å². The summed E-state index contributed by atoms with van der Waals surface area (Å²) in [4.78, 5) is 7.53. The predicted molar refractivity (Wildman–Crippen MR) is 273 cm³/mol. The van der Waals surface area contributed by atoms with E-state index in [4.69, 9.17) is 9.40 Å². The molecule has 13 aromatic rings. The quantitative estimate of drug-likeness (QED) is 0.173. The first-order valence-corrected chi connectivity index (χ1v) is 23.0. The van der Waals surface area contributed by atoms with Crippen LogP contribution in [0.4, 0.5) is 17.1 Å². The van der Waals surface area contributed by atoms with Gasteiger partial charge in [0.05, 0.1) is 38.6 Å². The Bertz CT molecular complexity index is 4110. The second-order valence-electron chi connectivity index (χ2n) is 17.9. The maximum Gasteiger partial charge on any atom is 0.220 e. The van der Waals surface area contributed by atoms with E-state index in [1.54, 1.807) is 0 Å². The molecule has 15 rings (SSSR count). The minimum atomic E-state index is -0.463. The molecule has 0 bridgehead atoms. The standard InChI is InChI=1S/C62H38N4O/c1-5-18-49-44(14-1)45-15-2-6-19-50(45)62(49)51-20-7-3-16-46(51)47-37-36-43(38-52(47)62)64(57-25-13-27-59-60(57)48-17-4-12-26-58(48)67-59)41-32-28-39(29-33-41)40-30-34-42(35-31-40)65-55-23-10-11-24-56(55)66-54-22-9-8-21-53(54)63-61(65)66/h1-38H. The molecule has 0 unspecified atom stereocenters. The number of furan rings is 1. The van der Waals surface area contributed by atoms with Crippen molar-refractivity contribution in [1.29, 1.82) is 0 Å². The van der Waals surface area contributed by atoms with Gasteiger partial charge in [-0.1, -0.05) is 152 Å². The molecule has 0 radical (unpaired) electrons. The van der Waals surface area contributed by atoms with Gasteiger partial charge in [0.25, 0.3) is 0 Å². The van der Waals surface area contributed by atoms with Crippen molar-refractivity contribution in [3.05, 3.63) is 253 Å². The molecule has 0 saturated heterocycles. The van der Waals surface area contributed by atoms with Crippen LogP contribution < -0.4 is 4.90 Å². The zero-order valence-electron chi connectivity index (χ0n) is 36.1. The molecule has 5 nitrogen and oxygen atoms in total. The number of para-hydroxylation sites is 5. The number of fused-ring (bicyclic) bond motifs is 18. The van der Waals surface area contributed by atoms with Gasteiger partial charge < -0.3 is 9.32 Å². The van der Waals surface area contributed by atoms with Crippen molar-refractivity contribution in [1.82, 2.24) is 14.0 Å². The molecule has 3 heterocycles. The lowest BCUT2D eigenvalue weighted by atomic mass is 9.70.